The highest BCUT2D eigenvalue weighted by Gasteiger charge is 2.41. The van der Waals surface area contributed by atoms with E-state index in [1.54, 1.807) is 18.4 Å². The number of piperidine rings is 1. The van der Waals surface area contributed by atoms with E-state index in [-0.39, 0.29) is 23.9 Å². The molecular formula is C20H25ClN2O3S. The molecule has 27 heavy (non-hydrogen) atoms. The van der Waals surface area contributed by atoms with Gasteiger partial charge in [-0.25, -0.2) is 0 Å². The summed E-state index contributed by atoms with van der Waals surface area (Å²) in [6.45, 7) is 3.17. The molecule has 4 rings (SSSR count). The summed E-state index contributed by atoms with van der Waals surface area (Å²) in [5.41, 5.74) is 2.13. The molecule has 1 spiro atoms. The van der Waals surface area contributed by atoms with Gasteiger partial charge < -0.3 is 20.1 Å². The lowest BCUT2D eigenvalue weighted by molar-refractivity contribution is -0.0771. The summed E-state index contributed by atoms with van der Waals surface area (Å²) in [5.74, 6) is 0.782. The van der Waals surface area contributed by atoms with Crippen LogP contribution in [0.25, 0.3) is 0 Å². The maximum Gasteiger partial charge on any atom is 0.261 e. The molecule has 3 heterocycles. The second kappa shape index (κ2) is 8.61. The number of amides is 1. The average Bonchev–Trinajstić information content (AvgIpc) is 3.13. The number of rotatable bonds is 4. The Morgan fingerprint density at radius 1 is 1.33 bits per heavy atom. The van der Waals surface area contributed by atoms with Gasteiger partial charge in [-0.2, -0.15) is 0 Å². The molecule has 0 bridgehead atoms. The fourth-order valence-corrected chi connectivity index (χ4v) is 5.11. The molecule has 0 saturated carbocycles. The minimum Gasteiger partial charge on any atom is -0.497 e. The second-order valence-corrected chi connectivity index (χ2v) is 7.89. The van der Waals surface area contributed by atoms with Crippen molar-refractivity contribution in [2.24, 2.45) is 0 Å². The Kier molecular flexibility index (Phi) is 6.42. The van der Waals surface area contributed by atoms with Crippen molar-refractivity contribution in [1.29, 1.82) is 0 Å². The summed E-state index contributed by atoms with van der Waals surface area (Å²) in [6.07, 6.45) is 2.85. The molecule has 1 aromatic heterocycles. The number of hydrogen-bond donors (Lipinski definition) is 2. The summed E-state index contributed by atoms with van der Waals surface area (Å²) >= 11 is 1.60. The first-order valence-electron chi connectivity index (χ1n) is 9.09. The lowest BCUT2D eigenvalue weighted by Gasteiger charge is -2.40. The Bertz CT molecular complexity index is 802. The molecule has 2 aliphatic heterocycles. The zero-order valence-electron chi connectivity index (χ0n) is 15.4. The summed E-state index contributed by atoms with van der Waals surface area (Å²) in [5, 5.41) is 6.43. The molecule has 1 amide bonds. The Balaban J connectivity index is 0.00000210. The van der Waals surface area contributed by atoms with Gasteiger partial charge in [0.05, 0.1) is 18.6 Å². The van der Waals surface area contributed by atoms with E-state index in [1.165, 1.54) is 10.4 Å². The van der Waals surface area contributed by atoms with Crippen molar-refractivity contribution in [2.75, 3.05) is 26.8 Å². The first-order valence-corrected chi connectivity index (χ1v) is 9.91. The topological polar surface area (TPSA) is 59.6 Å². The third-order valence-corrected chi connectivity index (χ3v) is 6.56. The summed E-state index contributed by atoms with van der Waals surface area (Å²) < 4.78 is 11.4. The maximum atomic E-state index is 12.7. The normalized spacial score (nSPS) is 17.7. The first kappa shape index (κ1) is 20.1. The number of carbonyl (C=O) groups excluding carboxylic acids is 1. The first-order chi connectivity index (χ1) is 12.7. The molecule has 0 aliphatic carbocycles. The molecule has 1 fully saturated rings. The largest absolute Gasteiger partial charge is 0.497 e. The molecule has 2 aliphatic rings. The van der Waals surface area contributed by atoms with Crippen LogP contribution in [0.1, 0.15) is 38.5 Å². The standard InChI is InChI=1S/C20H24N2O3S.ClH/c1-24-16-4-2-3-14(11-16)13-22-19(23)17-12-15-5-10-25-20(18(15)26-17)6-8-21-9-7-20;/h2-4,11-12,21H,5-10,13H2,1H3,(H,22,23);1H. The van der Waals surface area contributed by atoms with Gasteiger partial charge in [0.15, 0.2) is 0 Å². The van der Waals surface area contributed by atoms with Gasteiger partial charge in [0.25, 0.3) is 5.91 Å². The van der Waals surface area contributed by atoms with E-state index in [9.17, 15) is 4.79 Å². The molecule has 7 heteroatoms. The van der Waals surface area contributed by atoms with Crippen LogP contribution < -0.4 is 15.4 Å². The minimum atomic E-state index is -0.186. The van der Waals surface area contributed by atoms with Gasteiger partial charge in [-0.3, -0.25) is 4.79 Å². The summed E-state index contributed by atoms with van der Waals surface area (Å²) in [6, 6.07) is 9.82. The lowest BCUT2D eigenvalue weighted by atomic mass is 9.86. The van der Waals surface area contributed by atoms with Crippen molar-refractivity contribution in [3.63, 3.8) is 0 Å². The molecule has 2 aromatic rings. The molecule has 0 radical (unpaired) electrons. The molecule has 1 aromatic carbocycles. The Morgan fingerprint density at radius 2 is 2.15 bits per heavy atom. The predicted octanol–water partition coefficient (Wildman–Crippen LogP) is 3.26. The number of carbonyl (C=O) groups is 1. The van der Waals surface area contributed by atoms with Crippen LogP contribution in [0, 0.1) is 0 Å². The van der Waals surface area contributed by atoms with Crippen molar-refractivity contribution in [3.8, 4) is 5.75 Å². The Hall–Kier alpha value is -1.60. The molecule has 146 valence electrons. The van der Waals surface area contributed by atoms with E-state index in [4.69, 9.17) is 9.47 Å². The van der Waals surface area contributed by atoms with Crippen molar-refractivity contribution < 1.29 is 14.3 Å². The summed E-state index contributed by atoms with van der Waals surface area (Å²) in [4.78, 5) is 14.7. The number of benzene rings is 1. The van der Waals surface area contributed by atoms with Gasteiger partial charge in [-0.05, 0) is 61.7 Å². The highest BCUT2D eigenvalue weighted by Crippen LogP contribution is 2.44. The van der Waals surface area contributed by atoms with Crippen molar-refractivity contribution in [3.05, 3.63) is 51.2 Å². The van der Waals surface area contributed by atoms with Crippen LogP contribution in [0.2, 0.25) is 0 Å². The lowest BCUT2D eigenvalue weighted by Crippen LogP contribution is -2.43. The second-order valence-electron chi connectivity index (χ2n) is 6.84. The highest BCUT2D eigenvalue weighted by molar-refractivity contribution is 7.14. The number of ether oxygens (including phenoxy) is 2. The van der Waals surface area contributed by atoms with Gasteiger partial charge in [0, 0.05) is 11.4 Å². The SMILES string of the molecule is COc1cccc(CNC(=O)c2cc3c(s2)C2(CCNCC2)OCC3)c1.Cl. The van der Waals surface area contributed by atoms with Crippen LogP contribution in [0.15, 0.2) is 30.3 Å². The van der Waals surface area contributed by atoms with Gasteiger partial charge in [0.1, 0.15) is 11.4 Å². The van der Waals surface area contributed by atoms with Crippen LogP contribution in [-0.2, 0) is 23.3 Å². The predicted molar refractivity (Wildman–Crippen MR) is 109 cm³/mol. The van der Waals surface area contributed by atoms with E-state index in [2.05, 4.69) is 16.7 Å². The number of halogens is 1. The van der Waals surface area contributed by atoms with E-state index >= 15 is 0 Å². The van der Waals surface area contributed by atoms with Crippen LogP contribution in [-0.4, -0.2) is 32.7 Å². The molecule has 0 atom stereocenters. The number of hydrogen-bond acceptors (Lipinski definition) is 5. The highest BCUT2D eigenvalue weighted by atomic mass is 35.5. The van der Waals surface area contributed by atoms with Crippen molar-refractivity contribution >= 4 is 29.7 Å². The average molecular weight is 409 g/mol. The van der Waals surface area contributed by atoms with Crippen LogP contribution in [0.4, 0.5) is 0 Å². The Morgan fingerprint density at radius 3 is 2.93 bits per heavy atom. The molecule has 1 saturated heterocycles. The van der Waals surface area contributed by atoms with E-state index in [1.807, 2.05) is 24.3 Å². The van der Waals surface area contributed by atoms with Gasteiger partial charge in [0.2, 0.25) is 0 Å². The molecule has 0 unspecified atom stereocenters. The van der Waals surface area contributed by atoms with Crippen molar-refractivity contribution in [2.45, 2.75) is 31.4 Å². The van der Waals surface area contributed by atoms with Gasteiger partial charge >= 0.3 is 0 Å². The van der Waals surface area contributed by atoms with Crippen LogP contribution >= 0.6 is 23.7 Å². The van der Waals surface area contributed by atoms with Crippen LogP contribution in [0.5, 0.6) is 5.75 Å². The summed E-state index contributed by atoms with van der Waals surface area (Å²) in [7, 11) is 1.65. The monoisotopic (exact) mass is 408 g/mol. The van der Waals surface area contributed by atoms with Crippen molar-refractivity contribution in [1.82, 2.24) is 10.6 Å². The zero-order chi connectivity index (χ0) is 18.0. The third-order valence-electron chi connectivity index (χ3n) is 5.19. The minimum absolute atomic E-state index is 0. The fourth-order valence-electron chi connectivity index (χ4n) is 3.79. The third kappa shape index (κ3) is 4.14. The van der Waals surface area contributed by atoms with E-state index in [0.29, 0.717) is 6.54 Å². The Labute approximate surface area is 169 Å². The van der Waals surface area contributed by atoms with E-state index < -0.39 is 0 Å². The maximum absolute atomic E-state index is 12.7. The van der Waals surface area contributed by atoms with Gasteiger partial charge in [-0.1, -0.05) is 12.1 Å². The number of methoxy groups -OCH3 is 1. The molecule has 5 nitrogen and oxygen atoms in total. The van der Waals surface area contributed by atoms with Crippen LogP contribution in [0.3, 0.4) is 0 Å². The smallest absolute Gasteiger partial charge is 0.261 e. The molecular weight excluding hydrogens is 384 g/mol. The zero-order valence-corrected chi connectivity index (χ0v) is 17.0. The fraction of sp³-hybridized carbons (Fsp3) is 0.450. The number of fused-ring (bicyclic) bond motifs is 2. The number of thiophene rings is 1. The van der Waals surface area contributed by atoms with Gasteiger partial charge in [-0.15, -0.1) is 23.7 Å². The quantitative estimate of drug-likeness (QED) is 0.815. The molecule has 2 N–H and O–H groups in total. The number of nitrogens with one attached hydrogen (secondary N) is 2. The van der Waals surface area contributed by atoms with E-state index in [0.717, 1.165) is 55.1 Å².